The molecule has 0 N–H and O–H groups in total. The Labute approximate surface area is 87.1 Å². The zero-order valence-corrected chi connectivity index (χ0v) is 9.04. The monoisotopic (exact) mass is 192 g/mol. The molecule has 1 heteroatoms. The summed E-state index contributed by atoms with van der Waals surface area (Å²) in [6.07, 6.45) is 9.00. The molecule has 1 saturated carbocycles. The zero-order valence-electron chi connectivity index (χ0n) is 9.04. The zero-order chi connectivity index (χ0) is 10.1. The molecule has 1 aromatic carbocycles. The van der Waals surface area contributed by atoms with E-state index in [0.717, 1.165) is 5.75 Å². The van der Waals surface area contributed by atoms with E-state index in [-0.39, 0.29) is 0 Å². The molecule has 0 amide bonds. The van der Waals surface area contributed by atoms with Crippen LogP contribution in [0, 0.1) is 0 Å². The number of hydrogen-bond donors (Lipinski definition) is 0. The van der Waals surface area contributed by atoms with Gasteiger partial charge in [0, 0.05) is 0 Å². The SMILES string of the molecule is C1CCCCC1.COc1ccccc1. The molecule has 1 aliphatic rings. The minimum atomic E-state index is 0.910. The number of hydrogen-bond acceptors (Lipinski definition) is 1. The van der Waals surface area contributed by atoms with E-state index < -0.39 is 0 Å². The molecule has 0 heterocycles. The first-order valence-electron chi connectivity index (χ1n) is 5.52. The molecule has 0 unspecified atom stereocenters. The first-order valence-corrected chi connectivity index (χ1v) is 5.52. The highest BCUT2D eigenvalue weighted by atomic mass is 16.5. The Hall–Kier alpha value is -0.980. The number of methoxy groups -OCH3 is 1. The van der Waals surface area contributed by atoms with E-state index >= 15 is 0 Å². The fourth-order valence-electron chi connectivity index (χ4n) is 1.62. The average Bonchev–Trinajstić information content (AvgIpc) is 2.33. The van der Waals surface area contributed by atoms with Gasteiger partial charge in [0.15, 0.2) is 0 Å². The summed E-state index contributed by atoms with van der Waals surface area (Å²) in [5.74, 6) is 0.910. The maximum Gasteiger partial charge on any atom is 0.118 e. The summed E-state index contributed by atoms with van der Waals surface area (Å²) in [6, 6.07) is 9.68. The molecule has 0 saturated heterocycles. The van der Waals surface area contributed by atoms with Crippen LogP contribution in [-0.2, 0) is 0 Å². The molecule has 0 atom stereocenters. The topological polar surface area (TPSA) is 9.23 Å². The Morgan fingerprint density at radius 3 is 1.50 bits per heavy atom. The van der Waals surface area contributed by atoms with Gasteiger partial charge in [-0.15, -0.1) is 0 Å². The third-order valence-corrected chi connectivity index (χ3v) is 2.48. The van der Waals surface area contributed by atoms with Gasteiger partial charge in [-0.1, -0.05) is 56.7 Å². The molecule has 0 aliphatic heterocycles. The maximum atomic E-state index is 4.91. The van der Waals surface area contributed by atoms with Gasteiger partial charge in [-0.25, -0.2) is 0 Å². The minimum absolute atomic E-state index is 0.910. The third-order valence-electron chi connectivity index (χ3n) is 2.48. The molecule has 0 aromatic heterocycles. The van der Waals surface area contributed by atoms with Gasteiger partial charge in [0.1, 0.15) is 5.75 Å². The molecule has 2 rings (SSSR count). The normalized spacial score (nSPS) is 15.2. The van der Waals surface area contributed by atoms with E-state index in [0.29, 0.717) is 0 Å². The smallest absolute Gasteiger partial charge is 0.118 e. The van der Waals surface area contributed by atoms with Crippen LogP contribution in [0.4, 0.5) is 0 Å². The molecule has 0 bridgehead atoms. The van der Waals surface area contributed by atoms with Crippen molar-refractivity contribution in [3.05, 3.63) is 30.3 Å². The van der Waals surface area contributed by atoms with Crippen LogP contribution in [0.25, 0.3) is 0 Å². The molecule has 0 radical (unpaired) electrons. The molecular formula is C13H20O. The standard InChI is InChI=1S/C7H8O.C6H12/c1-8-7-5-3-2-4-6-7;1-2-4-6-5-3-1/h2-6H,1H3;1-6H2. The molecule has 1 aromatic rings. The fraction of sp³-hybridized carbons (Fsp3) is 0.538. The number of benzene rings is 1. The van der Waals surface area contributed by atoms with Crippen molar-refractivity contribution < 1.29 is 4.74 Å². The van der Waals surface area contributed by atoms with Crippen molar-refractivity contribution >= 4 is 0 Å². The predicted octanol–water partition coefficient (Wildman–Crippen LogP) is 4.04. The van der Waals surface area contributed by atoms with Crippen LogP contribution in [-0.4, -0.2) is 7.11 Å². The van der Waals surface area contributed by atoms with E-state index in [1.807, 2.05) is 30.3 Å². The largest absolute Gasteiger partial charge is 0.497 e. The van der Waals surface area contributed by atoms with Gasteiger partial charge in [0.2, 0.25) is 0 Å². The van der Waals surface area contributed by atoms with E-state index in [9.17, 15) is 0 Å². The lowest BCUT2D eigenvalue weighted by atomic mass is 10.0. The first kappa shape index (κ1) is 11.1. The van der Waals surface area contributed by atoms with Crippen molar-refractivity contribution in [2.45, 2.75) is 38.5 Å². The predicted molar refractivity (Wildman–Crippen MR) is 60.7 cm³/mol. The van der Waals surface area contributed by atoms with Crippen molar-refractivity contribution in [3.63, 3.8) is 0 Å². The Balaban J connectivity index is 0.000000146. The van der Waals surface area contributed by atoms with Crippen LogP contribution in [0.15, 0.2) is 30.3 Å². The number of para-hydroxylation sites is 1. The first-order chi connectivity index (χ1) is 6.93. The molecule has 78 valence electrons. The summed E-state index contributed by atoms with van der Waals surface area (Å²) < 4.78 is 4.91. The lowest BCUT2D eigenvalue weighted by Crippen LogP contribution is -1.85. The highest BCUT2D eigenvalue weighted by Crippen LogP contribution is 2.15. The van der Waals surface area contributed by atoms with Crippen molar-refractivity contribution in [1.29, 1.82) is 0 Å². The van der Waals surface area contributed by atoms with Gasteiger partial charge in [0.25, 0.3) is 0 Å². The van der Waals surface area contributed by atoms with E-state index in [1.165, 1.54) is 38.5 Å². The van der Waals surface area contributed by atoms with E-state index in [1.54, 1.807) is 7.11 Å². The van der Waals surface area contributed by atoms with Crippen LogP contribution < -0.4 is 4.74 Å². The van der Waals surface area contributed by atoms with Gasteiger partial charge in [0.05, 0.1) is 7.11 Å². The van der Waals surface area contributed by atoms with Crippen molar-refractivity contribution in [1.82, 2.24) is 0 Å². The summed E-state index contributed by atoms with van der Waals surface area (Å²) in [5.41, 5.74) is 0. The summed E-state index contributed by atoms with van der Waals surface area (Å²) in [7, 11) is 1.66. The second kappa shape index (κ2) is 7.43. The molecule has 0 spiro atoms. The van der Waals surface area contributed by atoms with E-state index in [2.05, 4.69) is 0 Å². The number of ether oxygens (including phenoxy) is 1. The quantitative estimate of drug-likeness (QED) is 0.652. The van der Waals surface area contributed by atoms with Crippen LogP contribution >= 0.6 is 0 Å². The summed E-state index contributed by atoms with van der Waals surface area (Å²) >= 11 is 0. The number of rotatable bonds is 1. The highest BCUT2D eigenvalue weighted by Gasteiger charge is 1.95. The molecular weight excluding hydrogens is 172 g/mol. The molecule has 1 aliphatic carbocycles. The summed E-state index contributed by atoms with van der Waals surface area (Å²) in [4.78, 5) is 0. The Bertz CT molecular complexity index is 202. The van der Waals surface area contributed by atoms with Crippen LogP contribution in [0.1, 0.15) is 38.5 Å². The van der Waals surface area contributed by atoms with Gasteiger partial charge in [-0.2, -0.15) is 0 Å². The van der Waals surface area contributed by atoms with Gasteiger partial charge >= 0.3 is 0 Å². The van der Waals surface area contributed by atoms with Crippen molar-refractivity contribution in [3.8, 4) is 5.75 Å². The molecule has 1 nitrogen and oxygen atoms in total. The summed E-state index contributed by atoms with van der Waals surface area (Å²) in [6.45, 7) is 0. The second-order valence-electron chi connectivity index (χ2n) is 3.64. The second-order valence-corrected chi connectivity index (χ2v) is 3.64. The van der Waals surface area contributed by atoms with Gasteiger partial charge in [-0.3, -0.25) is 0 Å². The molecule has 14 heavy (non-hydrogen) atoms. The Kier molecular flexibility index (Phi) is 5.89. The molecule has 1 fully saturated rings. The fourth-order valence-corrected chi connectivity index (χ4v) is 1.62. The van der Waals surface area contributed by atoms with Crippen molar-refractivity contribution in [2.24, 2.45) is 0 Å². The van der Waals surface area contributed by atoms with Gasteiger partial charge in [-0.05, 0) is 12.1 Å². The van der Waals surface area contributed by atoms with Gasteiger partial charge < -0.3 is 4.74 Å². The lowest BCUT2D eigenvalue weighted by Gasteiger charge is -2.05. The highest BCUT2D eigenvalue weighted by molar-refractivity contribution is 5.20. The minimum Gasteiger partial charge on any atom is -0.497 e. The lowest BCUT2D eigenvalue weighted by molar-refractivity contribution is 0.415. The average molecular weight is 192 g/mol. The Morgan fingerprint density at radius 2 is 1.21 bits per heavy atom. The van der Waals surface area contributed by atoms with Crippen LogP contribution in [0.5, 0.6) is 5.75 Å². The van der Waals surface area contributed by atoms with Crippen LogP contribution in [0.3, 0.4) is 0 Å². The van der Waals surface area contributed by atoms with Crippen molar-refractivity contribution in [2.75, 3.05) is 7.11 Å². The maximum absolute atomic E-state index is 4.91. The third kappa shape index (κ3) is 4.90. The Morgan fingerprint density at radius 1 is 0.786 bits per heavy atom. The van der Waals surface area contributed by atoms with Crippen LogP contribution in [0.2, 0.25) is 0 Å². The summed E-state index contributed by atoms with van der Waals surface area (Å²) in [5, 5.41) is 0. The van der Waals surface area contributed by atoms with E-state index in [4.69, 9.17) is 4.74 Å².